The molecule has 0 saturated carbocycles. The number of carbonyl (C=O) groups excluding carboxylic acids is 6. The highest BCUT2D eigenvalue weighted by Gasteiger charge is 2.34. The van der Waals surface area contributed by atoms with Crippen molar-refractivity contribution >= 4 is 57.2 Å². The molecule has 0 aliphatic rings. The van der Waals surface area contributed by atoms with Crippen LogP contribution < -0.4 is 21.3 Å². The number of hydrogen-bond acceptors (Lipinski definition) is 11. The molecule has 0 aliphatic carbocycles. The summed E-state index contributed by atoms with van der Waals surface area (Å²) in [5, 5.41) is 9.95. The van der Waals surface area contributed by atoms with Gasteiger partial charge in [0.25, 0.3) is 0 Å². The Kier molecular flexibility index (Phi) is 16.4. The summed E-state index contributed by atoms with van der Waals surface area (Å²) in [4.78, 5) is 77.6. The molecular weight excluding hydrogens is 696 g/mol. The van der Waals surface area contributed by atoms with Gasteiger partial charge in [-0.1, -0.05) is 86.1 Å². The van der Waals surface area contributed by atoms with E-state index in [1.807, 2.05) is 0 Å². The van der Waals surface area contributed by atoms with E-state index in [1.165, 1.54) is 12.1 Å². The Morgan fingerprint density at radius 1 is 0.760 bits per heavy atom. The number of sulfone groups is 1. The van der Waals surface area contributed by atoms with Crippen LogP contribution in [0.4, 0.5) is 4.79 Å². The summed E-state index contributed by atoms with van der Waals surface area (Å²) in [7, 11) is -1.67. The highest BCUT2D eigenvalue weighted by molar-refractivity contribution is 7.96. The molecule has 0 saturated heterocycles. The number of carbonyl (C=O) groups is 6. The minimum absolute atomic E-state index is 0.121. The normalized spacial score (nSPS) is 13.9. The summed E-state index contributed by atoms with van der Waals surface area (Å²) in [5.74, 6) is -4.78. The zero-order chi connectivity index (χ0) is 37.4. The van der Waals surface area contributed by atoms with Crippen molar-refractivity contribution in [1.29, 1.82) is 0 Å². The number of halogens is 1. The fraction of sp³-hybridized carbons (Fsp3) is 0.394. The zero-order valence-electron chi connectivity index (χ0n) is 28.1. The first-order valence-corrected chi connectivity index (χ1v) is 17.5. The maximum absolute atomic E-state index is 13.8. The summed E-state index contributed by atoms with van der Waals surface area (Å²) < 4.78 is 37.7. The summed E-state index contributed by atoms with van der Waals surface area (Å²) in [6, 6.07) is 11.2. The average molecular weight is 737 g/mol. The third-order valence-corrected chi connectivity index (χ3v) is 8.79. The molecule has 0 bridgehead atoms. The van der Waals surface area contributed by atoms with Crippen molar-refractivity contribution in [3.63, 3.8) is 0 Å². The van der Waals surface area contributed by atoms with E-state index in [9.17, 15) is 37.2 Å². The molecule has 0 heterocycles. The lowest BCUT2D eigenvalue weighted by Gasteiger charge is -2.28. The number of methoxy groups -OCH3 is 2. The Labute approximate surface area is 295 Å². The summed E-state index contributed by atoms with van der Waals surface area (Å²) >= 11 is 5.89. The quantitative estimate of drug-likeness (QED) is 0.136. The first-order valence-electron chi connectivity index (χ1n) is 15.2. The fourth-order valence-corrected chi connectivity index (χ4v) is 4.86. The largest absolute Gasteiger partial charge is 0.469 e. The maximum Gasteiger partial charge on any atom is 0.408 e. The lowest BCUT2D eigenvalue weighted by atomic mass is 10.00. The van der Waals surface area contributed by atoms with E-state index in [4.69, 9.17) is 16.3 Å². The van der Waals surface area contributed by atoms with Crippen LogP contribution in [0.1, 0.15) is 43.9 Å². The molecule has 4 amide bonds. The molecule has 4 unspecified atom stereocenters. The van der Waals surface area contributed by atoms with E-state index < -0.39 is 92.9 Å². The number of esters is 2. The fourth-order valence-electron chi connectivity index (χ4n) is 4.30. The zero-order valence-corrected chi connectivity index (χ0v) is 29.7. The van der Waals surface area contributed by atoms with Gasteiger partial charge >= 0.3 is 18.0 Å². The number of alkyl carbamates (subject to hydrolysis) is 1. The predicted molar refractivity (Wildman–Crippen MR) is 182 cm³/mol. The minimum Gasteiger partial charge on any atom is -0.469 e. The lowest BCUT2D eigenvalue weighted by Crippen LogP contribution is -2.56. The van der Waals surface area contributed by atoms with Crippen LogP contribution >= 0.6 is 11.6 Å². The average Bonchev–Trinajstić information content (AvgIpc) is 3.07. The number of benzene rings is 2. The van der Waals surface area contributed by atoms with Crippen LogP contribution in [0.5, 0.6) is 0 Å². The van der Waals surface area contributed by atoms with Crippen molar-refractivity contribution < 1.29 is 51.4 Å². The first-order chi connectivity index (χ1) is 23.5. The summed E-state index contributed by atoms with van der Waals surface area (Å²) in [6.45, 7) is 3.11. The molecule has 0 spiro atoms. The highest BCUT2D eigenvalue weighted by atomic mass is 35.5. The van der Waals surface area contributed by atoms with E-state index in [1.54, 1.807) is 62.4 Å². The molecular formula is C33H41ClN4O11S. The molecule has 0 fully saturated rings. The van der Waals surface area contributed by atoms with E-state index in [0.717, 1.165) is 26.6 Å². The van der Waals surface area contributed by atoms with Gasteiger partial charge in [-0.05, 0) is 23.1 Å². The maximum atomic E-state index is 13.8. The van der Waals surface area contributed by atoms with Gasteiger partial charge in [0.1, 0.15) is 29.1 Å². The molecule has 0 aliphatic heterocycles. The molecule has 272 valence electrons. The second-order valence-corrected chi connectivity index (χ2v) is 13.9. The van der Waals surface area contributed by atoms with Gasteiger partial charge in [0.05, 0.1) is 33.1 Å². The molecule has 4 atom stereocenters. The molecule has 0 radical (unpaired) electrons. The smallest absolute Gasteiger partial charge is 0.408 e. The Morgan fingerprint density at radius 3 is 1.86 bits per heavy atom. The van der Waals surface area contributed by atoms with Crippen LogP contribution in [0.25, 0.3) is 0 Å². The van der Waals surface area contributed by atoms with Crippen LogP contribution in [0.2, 0.25) is 0 Å². The molecule has 2 aromatic carbocycles. The molecule has 4 N–H and O–H groups in total. The summed E-state index contributed by atoms with van der Waals surface area (Å²) in [5.41, 5.74) is 0.962. The molecule has 0 aromatic heterocycles. The van der Waals surface area contributed by atoms with Crippen molar-refractivity contribution in [2.24, 2.45) is 5.92 Å². The van der Waals surface area contributed by atoms with Gasteiger partial charge in [-0.2, -0.15) is 0 Å². The lowest BCUT2D eigenvalue weighted by molar-refractivity contribution is -0.143. The van der Waals surface area contributed by atoms with E-state index in [2.05, 4.69) is 30.7 Å². The Morgan fingerprint density at radius 2 is 1.32 bits per heavy atom. The number of nitrogens with one attached hydrogen (secondary N) is 4. The third kappa shape index (κ3) is 13.9. The van der Waals surface area contributed by atoms with Crippen molar-refractivity contribution in [1.82, 2.24) is 21.3 Å². The van der Waals surface area contributed by atoms with Crippen LogP contribution in [-0.2, 0) is 54.6 Å². The monoisotopic (exact) mass is 736 g/mol. The second-order valence-electron chi connectivity index (χ2n) is 11.3. The third-order valence-electron chi connectivity index (χ3n) is 6.98. The SMILES string of the molecule is COC(=O)CC(C=C(Cl)S(C)(=O)=O)NC(=O)C(NC(=O)C(NC(=O)C(CC(=O)OC)NC(=O)OCc1ccccc1)c1ccccc1)C(C)C. The van der Waals surface area contributed by atoms with Crippen molar-refractivity contribution in [3.05, 3.63) is 82.2 Å². The molecule has 50 heavy (non-hydrogen) atoms. The van der Waals surface area contributed by atoms with Gasteiger partial charge < -0.3 is 35.5 Å². The highest BCUT2D eigenvalue weighted by Crippen LogP contribution is 2.17. The van der Waals surface area contributed by atoms with Gasteiger partial charge in [0.15, 0.2) is 9.84 Å². The predicted octanol–water partition coefficient (Wildman–Crippen LogP) is 2.02. The summed E-state index contributed by atoms with van der Waals surface area (Å²) in [6.07, 6.45) is -0.276. The molecule has 2 rings (SSSR count). The number of hydrogen-bond donors (Lipinski definition) is 4. The number of rotatable bonds is 17. The number of amides is 4. The Hall–Kier alpha value is -4.96. The number of ether oxygens (including phenoxy) is 3. The van der Waals surface area contributed by atoms with E-state index in [-0.39, 0.29) is 12.2 Å². The van der Waals surface area contributed by atoms with Crippen molar-refractivity contribution in [2.75, 3.05) is 20.5 Å². The topological polar surface area (TPSA) is 212 Å². The van der Waals surface area contributed by atoms with Crippen molar-refractivity contribution in [2.45, 2.75) is 57.5 Å². The van der Waals surface area contributed by atoms with E-state index in [0.29, 0.717) is 5.56 Å². The minimum atomic E-state index is -3.88. The van der Waals surface area contributed by atoms with Gasteiger partial charge in [-0.15, -0.1) is 0 Å². The van der Waals surface area contributed by atoms with Crippen LogP contribution in [0.15, 0.2) is 71.1 Å². The second kappa shape index (κ2) is 19.9. The van der Waals surface area contributed by atoms with Crippen LogP contribution in [-0.4, -0.2) is 82.8 Å². The van der Waals surface area contributed by atoms with Crippen molar-refractivity contribution in [3.8, 4) is 0 Å². The first kappa shape index (κ1) is 41.2. The van der Waals surface area contributed by atoms with E-state index >= 15 is 0 Å². The Balaban J connectivity index is 2.33. The van der Waals surface area contributed by atoms with Crippen LogP contribution in [0.3, 0.4) is 0 Å². The van der Waals surface area contributed by atoms with Gasteiger partial charge in [0.2, 0.25) is 17.7 Å². The van der Waals surface area contributed by atoms with Gasteiger partial charge in [0, 0.05) is 6.26 Å². The molecule has 17 heteroatoms. The van der Waals surface area contributed by atoms with Crippen LogP contribution in [0, 0.1) is 5.92 Å². The standard InChI is InChI=1S/C33H41ClN4O11S/c1-20(2)28(31(42)35-23(17-26(39)47-3)16-25(34)50(5,45)46)37-32(43)29(22-14-10-7-11-15-22)38-30(41)24(18-27(40)48-4)36-33(44)49-19-21-12-8-6-9-13-21/h6-16,20,23-24,28-29H,17-19H2,1-5H3,(H,35,42)(H,36,44)(H,37,43)(H,38,41). The molecule has 2 aromatic rings. The Bertz CT molecular complexity index is 1640. The molecule has 15 nitrogen and oxygen atoms in total. The van der Waals surface area contributed by atoms with Gasteiger partial charge in [-0.25, -0.2) is 13.2 Å². The van der Waals surface area contributed by atoms with Gasteiger partial charge in [-0.3, -0.25) is 24.0 Å².